The summed E-state index contributed by atoms with van der Waals surface area (Å²) < 4.78 is 12.3. The highest BCUT2D eigenvalue weighted by Crippen LogP contribution is 2.40. The number of hydrogen-bond acceptors (Lipinski definition) is 9. The van der Waals surface area contributed by atoms with Crippen LogP contribution < -0.4 is 16.2 Å². The number of aromatic nitrogens is 4. The molecule has 0 unspecified atom stereocenters. The zero-order valence-electron chi connectivity index (χ0n) is 17.8. The average Bonchev–Trinajstić information content (AvgIpc) is 3.28. The summed E-state index contributed by atoms with van der Waals surface area (Å²) in [6, 6.07) is 3.82. The van der Waals surface area contributed by atoms with Crippen molar-refractivity contribution in [1.29, 1.82) is 0 Å². The Hall–Kier alpha value is -3.66. The van der Waals surface area contributed by atoms with Gasteiger partial charge in [-0.3, -0.25) is 4.57 Å². The number of carbonyl (C=O) groups is 1. The molecular formula is C21H22N6O3S. The summed E-state index contributed by atoms with van der Waals surface area (Å²) in [7, 11) is 2.91. The van der Waals surface area contributed by atoms with Crippen LogP contribution in [0.4, 0.5) is 10.8 Å². The van der Waals surface area contributed by atoms with E-state index >= 15 is 0 Å². The molecule has 4 aromatic rings. The van der Waals surface area contributed by atoms with Crippen LogP contribution in [0.2, 0.25) is 0 Å². The Morgan fingerprint density at radius 1 is 1.10 bits per heavy atom. The molecule has 3 heterocycles. The van der Waals surface area contributed by atoms with Crippen LogP contribution in [-0.4, -0.2) is 39.7 Å². The van der Waals surface area contributed by atoms with E-state index in [1.54, 1.807) is 24.1 Å². The predicted octanol–water partition coefficient (Wildman–Crippen LogP) is 3.43. The van der Waals surface area contributed by atoms with E-state index in [0.717, 1.165) is 16.8 Å². The Morgan fingerprint density at radius 3 is 2.45 bits per heavy atom. The maximum Gasteiger partial charge on any atom is 0.342 e. The maximum absolute atomic E-state index is 12.8. The molecule has 0 saturated heterocycles. The van der Waals surface area contributed by atoms with Crippen molar-refractivity contribution in [3.05, 3.63) is 40.2 Å². The molecule has 0 aliphatic rings. The number of benzene rings is 1. The lowest BCUT2D eigenvalue weighted by molar-refractivity contribution is 0.0604. The fourth-order valence-electron chi connectivity index (χ4n) is 3.83. The molecular weight excluding hydrogens is 416 g/mol. The van der Waals surface area contributed by atoms with Gasteiger partial charge in [0.1, 0.15) is 39.3 Å². The average molecular weight is 439 g/mol. The number of nitrogen functional groups attached to an aromatic ring is 2. The number of esters is 1. The number of aryl methyl sites for hydroxylation is 2. The van der Waals surface area contributed by atoms with Gasteiger partial charge in [0.05, 0.1) is 30.8 Å². The maximum atomic E-state index is 12.8. The highest BCUT2D eigenvalue weighted by atomic mass is 32.1. The number of anilines is 2. The molecule has 0 spiro atoms. The van der Waals surface area contributed by atoms with Crippen LogP contribution in [0, 0.1) is 20.8 Å². The number of ether oxygens (including phenoxy) is 2. The Balaban J connectivity index is 2.23. The minimum absolute atomic E-state index is 0.168. The number of carbonyl (C=O) groups excluding carboxylic acids is 1. The second-order valence-electron chi connectivity index (χ2n) is 7.03. The molecule has 0 saturated carbocycles. The van der Waals surface area contributed by atoms with Crippen molar-refractivity contribution in [2.75, 3.05) is 25.7 Å². The van der Waals surface area contributed by atoms with Gasteiger partial charge >= 0.3 is 5.97 Å². The normalized spacial score (nSPS) is 11.1. The molecule has 160 valence electrons. The van der Waals surface area contributed by atoms with Gasteiger partial charge in [-0.15, -0.1) is 11.3 Å². The first-order valence-electron chi connectivity index (χ1n) is 9.40. The second-order valence-corrected chi connectivity index (χ2v) is 7.92. The quantitative estimate of drug-likeness (QED) is 0.463. The molecule has 0 aliphatic carbocycles. The number of methoxy groups -OCH3 is 2. The van der Waals surface area contributed by atoms with E-state index in [0.29, 0.717) is 39.0 Å². The first-order valence-corrected chi connectivity index (χ1v) is 10.3. The monoisotopic (exact) mass is 438 g/mol. The molecule has 0 fully saturated rings. The van der Waals surface area contributed by atoms with Crippen LogP contribution in [0.1, 0.15) is 27.3 Å². The van der Waals surface area contributed by atoms with Crippen molar-refractivity contribution in [2.24, 2.45) is 0 Å². The van der Waals surface area contributed by atoms with E-state index in [1.165, 1.54) is 18.4 Å². The van der Waals surface area contributed by atoms with Gasteiger partial charge in [-0.05, 0) is 32.4 Å². The molecule has 3 aromatic heterocycles. The summed E-state index contributed by atoms with van der Waals surface area (Å²) in [4.78, 5) is 26.4. The summed E-state index contributed by atoms with van der Waals surface area (Å²) in [5, 5.41) is 0.921. The molecule has 4 N–H and O–H groups in total. The lowest BCUT2D eigenvalue weighted by Crippen LogP contribution is -2.09. The number of rotatable bonds is 4. The topological polar surface area (TPSA) is 131 Å². The number of fused-ring (bicyclic) bond motifs is 1. The van der Waals surface area contributed by atoms with Crippen LogP contribution >= 0.6 is 11.3 Å². The molecule has 0 radical (unpaired) electrons. The molecule has 0 bridgehead atoms. The fourth-order valence-corrected chi connectivity index (χ4v) is 4.36. The second kappa shape index (κ2) is 7.55. The van der Waals surface area contributed by atoms with Crippen LogP contribution in [0.3, 0.4) is 0 Å². The van der Waals surface area contributed by atoms with E-state index in [2.05, 4.69) is 15.0 Å². The lowest BCUT2D eigenvalue weighted by atomic mass is 10.1. The third-order valence-corrected chi connectivity index (χ3v) is 5.85. The third kappa shape index (κ3) is 3.07. The zero-order valence-corrected chi connectivity index (χ0v) is 18.6. The zero-order chi connectivity index (χ0) is 22.4. The number of thiazole rings is 1. The van der Waals surface area contributed by atoms with Crippen LogP contribution in [-0.2, 0) is 4.74 Å². The van der Waals surface area contributed by atoms with E-state index in [4.69, 9.17) is 20.9 Å². The summed E-state index contributed by atoms with van der Waals surface area (Å²) in [6.45, 7) is 5.65. The standard InChI is InChI=1S/C21H22N6O3S/c1-9-6-7-12(29-4)10(2)17(9)27-18(22)14(21(28)30-5)13-15(16-19(23)31-8-24-16)25-11(3)26-20(13)27/h6-8H,22-23H2,1-5H3. The summed E-state index contributed by atoms with van der Waals surface area (Å²) in [6.07, 6.45) is 0. The van der Waals surface area contributed by atoms with Crippen molar-refractivity contribution in [3.63, 3.8) is 0 Å². The van der Waals surface area contributed by atoms with Gasteiger partial charge in [0, 0.05) is 5.56 Å². The SMILES string of the molecule is COC(=O)c1c(N)n(-c2c(C)ccc(OC)c2C)c2nc(C)nc(-c3ncsc3N)c12. The van der Waals surface area contributed by atoms with E-state index in [-0.39, 0.29) is 11.4 Å². The Labute approximate surface area is 182 Å². The van der Waals surface area contributed by atoms with Gasteiger partial charge in [-0.2, -0.15) is 0 Å². The Bertz CT molecular complexity index is 1340. The molecule has 9 nitrogen and oxygen atoms in total. The molecule has 31 heavy (non-hydrogen) atoms. The highest BCUT2D eigenvalue weighted by molar-refractivity contribution is 7.14. The minimum atomic E-state index is -0.595. The van der Waals surface area contributed by atoms with Crippen molar-refractivity contribution in [1.82, 2.24) is 19.5 Å². The predicted molar refractivity (Wildman–Crippen MR) is 121 cm³/mol. The molecule has 10 heteroatoms. The van der Waals surface area contributed by atoms with Gasteiger partial charge in [-0.25, -0.2) is 19.7 Å². The largest absolute Gasteiger partial charge is 0.496 e. The minimum Gasteiger partial charge on any atom is -0.496 e. The highest BCUT2D eigenvalue weighted by Gasteiger charge is 2.30. The number of nitrogens with two attached hydrogens (primary N) is 2. The van der Waals surface area contributed by atoms with Crippen LogP contribution in [0.15, 0.2) is 17.6 Å². The molecule has 0 atom stereocenters. The summed E-state index contributed by atoms with van der Waals surface area (Å²) >= 11 is 1.29. The first kappa shape index (κ1) is 20.6. The number of nitrogens with zero attached hydrogens (tertiary/aromatic N) is 4. The summed E-state index contributed by atoms with van der Waals surface area (Å²) in [5.41, 5.74) is 18.4. The molecule has 1 aromatic carbocycles. The van der Waals surface area contributed by atoms with Crippen LogP contribution in [0.5, 0.6) is 5.75 Å². The lowest BCUT2D eigenvalue weighted by Gasteiger charge is -2.17. The third-order valence-electron chi connectivity index (χ3n) is 5.20. The Kier molecular flexibility index (Phi) is 5.02. The van der Waals surface area contributed by atoms with E-state index in [9.17, 15) is 4.79 Å². The van der Waals surface area contributed by atoms with Gasteiger partial charge < -0.3 is 20.9 Å². The van der Waals surface area contributed by atoms with Crippen molar-refractivity contribution in [3.8, 4) is 22.8 Å². The van der Waals surface area contributed by atoms with Gasteiger partial charge in [0.15, 0.2) is 5.65 Å². The van der Waals surface area contributed by atoms with Crippen molar-refractivity contribution >= 4 is 39.2 Å². The van der Waals surface area contributed by atoms with Crippen molar-refractivity contribution in [2.45, 2.75) is 20.8 Å². The molecule has 0 amide bonds. The van der Waals surface area contributed by atoms with Gasteiger partial charge in [-0.1, -0.05) is 6.07 Å². The summed E-state index contributed by atoms with van der Waals surface area (Å²) in [5.74, 6) is 0.776. The van der Waals surface area contributed by atoms with Crippen LogP contribution in [0.25, 0.3) is 28.1 Å². The van der Waals surface area contributed by atoms with Gasteiger partial charge in [0.2, 0.25) is 0 Å². The fraction of sp³-hybridized carbons (Fsp3) is 0.238. The van der Waals surface area contributed by atoms with Crippen molar-refractivity contribution < 1.29 is 14.3 Å². The Morgan fingerprint density at radius 2 is 1.84 bits per heavy atom. The number of hydrogen-bond donors (Lipinski definition) is 2. The molecule has 4 rings (SSSR count). The van der Waals surface area contributed by atoms with E-state index < -0.39 is 5.97 Å². The first-order chi connectivity index (χ1) is 14.8. The smallest absolute Gasteiger partial charge is 0.342 e. The van der Waals surface area contributed by atoms with E-state index in [1.807, 2.05) is 26.0 Å². The van der Waals surface area contributed by atoms with Gasteiger partial charge in [0.25, 0.3) is 0 Å². The molecule has 0 aliphatic heterocycles.